The maximum absolute atomic E-state index is 13.0. The van der Waals surface area contributed by atoms with Crippen LogP contribution in [-0.2, 0) is 19.1 Å². The van der Waals surface area contributed by atoms with Gasteiger partial charge < -0.3 is 9.84 Å². The molecule has 0 radical (unpaired) electrons. The number of rotatable bonds is 9. The number of amides is 4. The van der Waals surface area contributed by atoms with Crippen LogP contribution in [-0.4, -0.2) is 70.9 Å². The van der Waals surface area contributed by atoms with Crippen LogP contribution in [0.1, 0.15) is 40.5 Å². The molecule has 1 atom stereocenters. The first-order valence-electron chi connectivity index (χ1n) is 8.64. The number of ether oxygens (including phenoxy) is 1. The lowest BCUT2D eigenvalue weighted by atomic mass is 10.1. The Hall–Kier alpha value is -3.11. The zero-order valence-corrected chi connectivity index (χ0v) is 15.5. The summed E-state index contributed by atoms with van der Waals surface area (Å²) in [6, 6.07) is 4.59. The van der Waals surface area contributed by atoms with Crippen LogP contribution in [0.3, 0.4) is 0 Å². The Morgan fingerprint density at radius 2 is 1.75 bits per heavy atom. The van der Waals surface area contributed by atoms with Gasteiger partial charge in [0, 0.05) is 20.1 Å². The minimum atomic E-state index is -1.46. The largest absolute Gasteiger partial charge is 0.481 e. The second-order valence-electron chi connectivity index (χ2n) is 5.90. The molecule has 28 heavy (non-hydrogen) atoms. The van der Waals surface area contributed by atoms with E-state index in [0.717, 1.165) is 0 Å². The molecule has 1 aromatic carbocycles. The molecule has 0 aliphatic carbocycles. The topological polar surface area (TPSA) is 133 Å². The summed E-state index contributed by atoms with van der Waals surface area (Å²) in [5.41, 5.74) is 2.66. The monoisotopic (exact) mass is 391 g/mol. The average Bonchev–Trinajstić information content (AvgIpc) is 2.92. The first-order valence-corrected chi connectivity index (χ1v) is 8.64. The molecule has 1 aliphatic rings. The number of benzene rings is 1. The normalized spacial score (nSPS) is 14.0. The third kappa shape index (κ3) is 4.24. The molecule has 1 aliphatic heterocycles. The van der Waals surface area contributed by atoms with Crippen molar-refractivity contribution < 1.29 is 33.8 Å². The lowest BCUT2D eigenvalue weighted by molar-refractivity contribution is -0.153. The van der Waals surface area contributed by atoms with Crippen molar-refractivity contribution in [2.45, 2.75) is 25.8 Å². The highest BCUT2D eigenvalue weighted by Crippen LogP contribution is 2.26. The molecule has 10 nitrogen and oxygen atoms in total. The van der Waals surface area contributed by atoms with Crippen molar-refractivity contribution in [1.82, 2.24) is 15.3 Å². The Morgan fingerprint density at radius 3 is 2.21 bits per heavy atom. The second kappa shape index (κ2) is 9.20. The van der Waals surface area contributed by atoms with Gasteiger partial charge in [-0.3, -0.25) is 28.9 Å². The van der Waals surface area contributed by atoms with E-state index in [-0.39, 0.29) is 24.2 Å². The summed E-state index contributed by atoms with van der Waals surface area (Å²) >= 11 is 0. The molecule has 0 saturated heterocycles. The highest BCUT2D eigenvalue weighted by Gasteiger charge is 2.44. The molecular formula is C18H21N3O7. The number of carboxylic acids is 1. The number of nitrogens with one attached hydrogen (secondary N) is 1. The fourth-order valence-corrected chi connectivity index (χ4v) is 2.87. The van der Waals surface area contributed by atoms with Crippen molar-refractivity contribution in [3.63, 3.8) is 0 Å². The molecule has 2 rings (SSSR count). The van der Waals surface area contributed by atoms with E-state index in [1.807, 2.05) is 0 Å². The first kappa shape index (κ1) is 21.2. The summed E-state index contributed by atoms with van der Waals surface area (Å²) < 4.78 is 5.00. The van der Waals surface area contributed by atoms with Crippen LogP contribution in [0.2, 0.25) is 0 Å². The zero-order chi connectivity index (χ0) is 20.8. The zero-order valence-electron chi connectivity index (χ0n) is 15.5. The second-order valence-corrected chi connectivity index (χ2v) is 5.90. The number of imide groups is 2. The van der Waals surface area contributed by atoms with Gasteiger partial charge in [0.1, 0.15) is 12.6 Å². The maximum Gasteiger partial charge on any atom is 0.303 e. The predicted molar refractivity (Wildman–Crippen MR) is 95.0 cm³/mol. The average molecular weight is 391 g/mol. The minimum absolute atomic E-state index is 0.122. The lowest BCUT2D eigenvalue weighted by Gasteiger charge is -2.29. The SMILES string of the molecule is CCOCC(=O)N(NC)C(=O)[C@H](CCC(=O)O)N1C(=O)c2ccccc2C1=O. The van der Waals surface area contributed by atoms with E-state index in [2.05, 4.69) is 5.43 Å². The van der Waals surface area contributed by atoms with E-state index in [1.54, 1.807) is 19.1 Å². The number of carbonyl (C=O) groups excluding carboxylic acids is 4. The molecular weight excluding hydrogens is 370 g/mol. The van der Waals surface area contributed by atoms with Crippen molar-refractivity contribution in [1.29, 1.82) is 0 Å². The summed E-state index contributed by atoms with van der Waals surface area (Å²) in [5.74, 6) is -4.27. The van der Waals surface area contributed by atoms with Gasteiger partial charge in [-0.05, 0) is 25.5 Å². The Balaban J connectivity index is 2.35. The standard InChI is InChI=1S/C18H21N3O7/c1-3-28-10-14(22)21(19-2)18(27)13(8-9-15(23)24)20-16(25)11-6-4-5-7-12(11)17(20)26/h4-7,13,19H,3,8-10H2,1-2H3,(H,23,24)/t13-/m0/s1. The molecule has 10 heteroatoms. The van der Waals surface area contributed by atoms with E-state index >= 15 is 0 Å². The quantitative estimate of drug-likeness (QED) is 0.445. The molecule has 150 valence electrons. The molecule has 1 aromatic rings. The third-order valence-electron chi connectivity index (χ3n) is 4.18. The van der Waals surface area contributed by atoms with E-state index in [4.69, 9.17) is 9.84 Å². The molecule has 0 saturated carbocycles. The van der Waals surface area contributed by atoms with Gasteiger partial charge in [-0.2, -0.15) is 0 Å². The Morgan fingerprint density at radius 1 is 1.18 bits per heavy atom. The highest BCUT2D eigenvalue weighted by molar-refractivity contribution is 6.23. The van der Waals surface area contributed by atoms with Gasteiger partial charge in [-0.1, -0.05) is 12.1 Å². The first-order chi connectivity index (χ1) is 13.3. The molecule has 1 heterocycles. The predicted octanol–water partition coefficient (Wildman–Crippen LogP) is 0.0421. The summed E-state index contributed by atoms with van der Waals surface area (Å²) in [7, 11) is 1.32. The molecule has 0 aromatic heterocycles. The van der Waals surface area contributed by atoms with Gasteiger partial charge >= 0.3 is 5.97 Å². The van der Waals surface area contributed by atoms with Gasteiger partial charge in [-0.15, -0.1) is 0 Å². The van der Waals surface area contributed by atoms with E-state index in [0.29, 0.717) is 9.91 Å². The number of hydrogen-bond acceptors (Lipinski definition) is 7. The summed E-state index contributed by atoms with van der Waals surface area (Å²) in [5, 5.41) is 9.63. The van der Waals surface area contributed by atoms with Gasteiger partial charge in [0.05, 0.1) is 11.1 Å². The highest BCUT2D eigenvalue weighted by atomic mass is 16.5. The summed E-state index contributed by atoms with van der Waals surface area (Å²) in [6.45, 7) is 1.53. The van der Waals surface area contributed by atoms with Crippen molar-refractivity contribution >= 4 is 29.6 Å². The van der Waals surface area contributed by atoms with Crippen molar-refractivity contribution in [3.05, 3.63) is 35.4 Å². The van der Waals surface area contributed by atoms with E-state index < -0.39 is 48.7 Å². The lowest BCUT2D eigenvalue weighted by Crippen LogP contribution is -2.56. The number of nitrogens with zero attached hydrogens (tertiary/aromatic N) is 2. The summed E-state index contributed by atoms with van der Waals surface area (Å²) in [4.78, 5) is 62.3. The van der Waals surface area contributed by atoms with Crippen molar-refractivity contribution in [2.75, 3.05) is 20.3 Å². The molecule has 0 unspecified atom stereocenters. The van der Waals surface area contributed by atoms with Crippen LogP contribution >= 0.6 is 0 Å². The molecule has 2 N–H and O–H groups in total. The Kier molecular flexibility index (Phi) is 6.96. The maximum atomic E-state index is 13.0. The van der Waals surface area contributed by atoms with Gasteiger partial charge in [-0.25, -0.2) is 10.4 Å². The minimum Gasteiger partial charge on any atom is -0.481 e. The third-order valence-corrected chi connectivity index (χ3v) is 4.18. The molecule has 0 fully saturated rings. The van der Waals surface area contributed by atoms with E-state index in [9.17, 15) is 24.0 Å². The number of fused-ring (bicyclic) bond motifs is 1. The molecule has 0 spiro atoms. The number of hydrogen-bond donors (Lipinski definition) is 2. The van der Waals surface area contributed by atoms with Crippen LogP contribution in [0.25, 0.3) is 0 Å². The summed E-state index contributed by atoms with van der Waals surface area (Å²) in [6.07, 6.45) is -0.805. The van der Waals surface area contributed by atoms with Crippen LogP contribution < -0.4 is 5.43 Å². The number of hydrazine groups is 1. The van der Waals surface area contributed by atoms with Crippen LogP contribution in [0.15, 0.2) is 24.3 Å². The van der Waals surface area contributed by atoms with Gasteiger partial charge in [0.15, 0.2) is 0 Å². The Labute approximate surface area is 161 Å². The van der Waals surface area contributed by atoms with Crippen molar-refractivity contribution in [2.24, 2.45) is 0 Å². The van der Waals surface area contributed by atoms with Gasteiger partial charge in [0.2, 0.25) is 0 Å². The molecule has 0 bridgehead atoms. The van der Waals surface area contributed by atoms with E-state index in [1.165, 1.54) is 19.2 Å². The smallest absolute Gasteiger partial charge is 0.303 e. The number of aliphatic carboxylic acids is 1. The number of carbonyl (C=O) groups is 5. The van der Waals surface area contributed by atoms with Crippen LogP contribution in [0, 0.1) is 0 Å². The van der Waals surface area contributed by atoms with Crippen LogP contribution in [0.4, 0.5) is 0 Å². The van der Waals surface area contributed by atoms with Crippen LogP contribution in [0.5, 0.6) is 0 Å². The van der Waals surface area contributed by atoms with Gasteiger partial charge in [0.25, 0.3) is 23.6 Å². The Bertz CT molecular complexity index is 773. The fraction of sp³-hybridized carbons (Fsp3) is 0.389. The van der Waals surface area contributed by atoms with Crippen molar-refractivity contribution in [3.8, 4) is 0 Å². The molecule has 4 amide bonds. The number of carboxylic acid groups (broad SMARTS) is 1. The fourth-order valence-electron chi connectivity index (χ4n) is 2.87.